The standard InChI is InChI=1S/C15H24N4O/c1-11(2)18-14-13(5-4-8-17-14)15(20)19-9-6-12(16-3)7-10-19/h4-5,8,11-12,16H,6-7,9-10H2,1-3H3,(H,17,18). The second-order valence-electron chi connectivity index (χ2n) is 5.55. The van der Waals surface area contributed by atoms with Crippen molar-refractivity contribution in [1.82, 2.24) is 15.2 Å². The van der Waals surface area contributed by atoms with Crippen LogP contribution in [0.2, 0.25) is 0 Å². The largest absolute Gasteiger partial charge is 0.367 e. The predicted octanol–water partition coefficient (Wildman–Crippen LogP) is 1.73. The van der Waals surface area contributed by atoms with Gasteiger partial charge in [-0.2, -0.15) is 0 Å². The van der Waals surface area contributed by atoms with E-state index in [1.165, 1.54) is 0 Å². The van der Waals surface area contributed by atoms with Crippen LogP contribution in [0, 0.1) is 0 Å². The molecule has 5 nitrogen and oxygen atoms in total. The van der Waals surface area contributed by atoms with Crippen LogP contribution in [0.5, 0.6) is 0 Å². The molecule has 1 aliphatic rings. The molecule has 0 aromatic carbocycles. The number of pyridine rings is 1. The molecular weight excluding hydrogens is 252 g/mol. The normalized spacial score (nSPS) is 16.5. The van der Waals surface area contributed by atoms with Gasteiger partial charge in [-0.3, -0.25) is 4.79 Å². The molecule has 0 bridgehead atoms. The van der Waals surface area contributed by atoms with Crippen LogP contribution in [0.1, 0.15) is 37.0 Å². The first-order valence-corrected chi connectivity index (χ1v) is 7.30. The highest BCUT2D eigenvalue weighted by Crippen LogP contribution is 2.18. The average molecular weight is 276 g/mol. The van der Waals surface area contributed by atoms with Crippen molar-refractivity contribution in [2.75, 3.05) is 25.5 Å². The first-order chi connectivity index (χ1) is 9.61. The lowest BCUT2D eigenvalue weighted by Gasteiger charge is -2.32. The molecule has 1 aromatic rings. The molecule has 0 spiro atoms. The Hall–Kier alpha value is -1.62. The molecule has 0 aliphatic carbocycles. The van der Waals surface area contributed by atoms with Crippen LogP contribution < -0.4 is 10.6 Å². The molecule has 2 rings (SSSR count). The maximum atomic E-state index is 12.6. The van der Waals surface area contributed by atoms with Crippen LogP contribution in [0.4, 0.5) is 5.82 Å². The topological polar surface area (TPSA) is 57.3 Å². The first kappa shape index (κ1) is 14.8. The summed E-state index contributed by atoms with van der Waals surface area (Å²) in [6, 6.07) is 4.45. The van der Waals surface area contributed by atoms with Gasteiger partial charge in [-0.1, -0.05) is 0 Å². The number of amides is 1. The third-order valence-electron chi connectivity index (χ3n) is 3.65. The molecule has 2 heterocycles. The highest BCUT2D eigenvalue weighted by atomic mass is 16.2. The number of nitrogens with one attached hydrogen (secondary N) is 2. The van der Waals surface area contributed by atoms with Gasteiger partial charge < -0.3 is 15.5 Å². The minimum absolute atomic E-state index is 0.0794. The smallest absolute Gasteiger partial charge is 0.257 e. The van der Waals surface area contributed by atoms with Gasteiger partial charge in [0.1, 0.15) is 5.82 Å². The minimum Gasteiger partial charge on any atom is -0.367 e. The van der Waals surface area contributed by atoms with Crippen molar-refractivity contribution in [3.05, 3.63) is 23.9 Å². The highest BCUT2D eigenvalue weighted by molar-refractivity contribution is 5.98. The minimum atomic E-state index is 0.0794. The summed E-state index contributed by atoms with van der Waals surface area (Å²) >= 11 is 0. The fraction of sp³-hybridized carbons (Fsp3) is 0.600. The molecule has 2 N–H and O–H groups in total. The fourth-order valence-corrected chi connectivity index (χ4v) is 2.51. The number of aromatic nitrogens is 1. The van der Waals surface area contributed by atoms with Gasteiger partial charge in [0.25, 0.3) is 5.91 Å². The van der Waals surface area contributed by atoms with Crippen LogP contribution in [-0.2, 0) is 0 Å². The summed E-state index contributed by atoms with van der Waals surface area (Å²) in [7, 11) is 1.98. The number of piperidine rings is 1. The fourth-order valence-electron chi connectivity index (χ4n) is 2.51. The number of likely N-dealkylation sites (tertiary alicyclic amines) is 1. The average Bonchev–Trinajstić information content (AvgIpc) is 2.46. The molecule has 1 aromatic heterocycles. The van der Waals surface area contributed by atoms with E-state index in [1.54, 1.807) is 6.20 Å². The summed E-state index contributed by atoms with van der Waals surface area (Å²) in [5.41, 5.74) is 0.670. The van der Waals surface area contributed by atoms with Crippen molar-refractivity contribution in [3.8, 4) is 0 Å². The zero-order valence-electron chi connectivity index (χ0n) is 12.5. The van der Waals surface area contributed by atoms with Crippen LogP contribution in [0.3, 0.4) is 0 Å². The first-order valence-electron chi connectivity index (χ1n) is 7.30. The van der Waals surface area contributed by atoms with Gasteiger partial charge in [-0.05, 0) is 45.9 Å². The Balaban J connectivity index is 2.09. The van der Waals surface area contributed by atoms with Crippen molar-refractivity contribution >= 4 is 11.7 Å². The number of hydrogen-bond acceptors (Lipinski definition) is 4. The van der Waals surface area contributed by atoms with Crippen molar-refractivity contribution in [3.63, 3.8) is 0 Å². The van der Waals surface area contributed by atoms with E-state index in [-0.39, 0.29) is 11.9 Å². The SMILES string of the molecule is CNC1CCN(C(=O)c2cccnc2NC(C)C)CC1. The van der Waals surface area contributed by atoms with E-state index >= 15 is 0 Å². The van der Waals surface area contributed by atoms with Crippen molar-refractivity contribution in [2.45, 2.75) is 38.8 Å². The summed E-state index contributed by atoms with van der Waals surface area (Å²) in [6.45, 7) is 5.70. The van der Waals surface area contributed by atoms with E-state index in [1.807, 2.05) is 37.9 Å². The molecule has 0 saturated carbocycles. The van der Waals surface area contributed by atoms with Gasteiger partial charge in [-0.25, -0.2) is 4.98 Å². The van der Waals surface area contributed by atoms with E-state index in [4.69, 9.17) is 0 Å². The lowest BCUT2D eigenvalue weighted by molar-refractivity contribution is 0.0708. The maximum Gasteiger partial charge on any atom is 0.257 e. The van der Waals surface area contributed by atoms with Gasteiger partial charge in [0.15, 0.2) is 0 Å². The summed E-state index contributed by atoms with van der Waals surface area (Å²) in [6.07, 6.45) is 3.74. The molecule has 0 unspecified atom stereocenters. The third-order valence-corrected chi connectivity index (χ3v) is 3.65. The van der Waals surface area contributed by atoms with Gasteiger partial charge >= 0.3 is 0 Å². The Morgan fingerprint density at radius 2 is 2.10 bits per heavy atom. The Morgan fingerprint density at radius 3 is 2.70 bits per heavy atom. The van der Waals surface area contributed by atoms with Gasteiger partial charge in [0.05, 0.1) is 5.56 Å². The van der Waals surface area contributed by atoms with E-state index in [0.29, 0.717) is 17.4 Å². The Kier molecular flexibility index (Phi) is 4.95. The maximum absolute atomic E-state index is 12.6. The lowest BCUT2D eigenvalue weighted by atomic mass is 10.0. The van der Waals surface area contributed by atoms with Gasteiger partial charge in [0, 0.05) is 31.4 Å². The number of carbonyl (C=O) groups is 1. The number of anilines is 1. The number of nitrogens with zero attached hydrogens (tertiary/aromatic N) is 2. The molecule has 20 heavy (non-hydrogen) atoms. The quantitative estimate of drug-likeness (QED) is 0.879. The van der Waals surface area contributed by atoms with Gasteiger partial charge in [0.2, 0.25) is 0 Å². The molecule has 1 aliphatic heterocycles. The number of hydrogen-bond donors (Lipinski definition) is 2. The summed E-state index contributed by atoms with van der Waals surface area (Å²) < 4.78 is 0. The molecule has 110 valence electrons. The zero-order chi connectivity index (χ0) is 14.5. The Labute approximate surface area is 120 Å². The summed E-state index contributed by atoms with van der Waals surface area (Å²) in [4.78, 5) is 18.8. The van der Waals surface area contributed by atoms with Crippen molar-refractivity contribution in [2.24, 2.45) is 0 Å². The van der Waals surface area contributed by atoms with E-state index < -0.39 is 0 Å². The van der Waals surface area contributed by atoms with Crippen molar-refractivity contribution in [1.29, 1.82) is 0 Å². The summed E-state index contributed by atoms with van der Waals surface area (Å²) in [5.74, 6) is 0.763. The number of rotatable bonds is 4. The van der Waals surface area contributed by atoms with E-state index in [2.05, 4.69) is 15.6 Å². The third kappa shape index (κ3) is 3.48. The second-order valence-corrected chi connectivity index (χ2v) is 5.55. The van der Waals surface area contributed by atoms with Crippen molar-refractivity contribution < 1.29 is 4.79 Å². The summed E-state index contributed by atoms with van der Waals surface area (Å²) in [5, 5.41) is 6.52. The van der Waals surface area contributed by atoms with E-state index in [0.717, 1.165) is 25.9 Å². The number of carbonyl (C=O) groups excluding carboxylic acids is 1. The predicted molar refractivity (Wildman–Crippen MR) is 81.0 cm³/mol. The Bertz CT molecular complexity index is 453. The Morgan fingerprint density at radius 1 is 1.40 bits per heavy atom. The molecule has 1 saturated heterocycles. The van der Waals surface area contributed by atoms with Gasteiger partial charge in [-0.15, -0.1) is 0 Å². The second kappa shape index (κ2) is 6.70. The van der Waals surface area contributed by atoms with E-state index in [9.17, 15) is 4.79 Å². The monoisotopic (exact) mass is 276 g/mol. The molecular formula is C15H24N4O. The van der Waals surface area contributed by atoms with Crippen LogP contribution in [0.25, 0.3) is 0 Å². The molecule has 0 radical (unpaired) electrons. The lowest BCUT2D eigenvalue weighted by Crippen LogP contribution is -2.44. The highest BCUT2D eigenvalue weighted by Gasteiger charge is 2.24. The van der Waals surface area contributed by atoms with Crippen LogP contribution in [0.15, 0.2) is 18.3 Å². The molecule has 5 heteroatoms. The van der Waals surface area contributed by atoms with Crippen LogP contribution in [-0.4, -0.2) is 48.0 Å². The molecule has 0 atom stereocenters. The molecule has 1 fully saturated rings. The van der Waals surface area contributed by atoms with Crippen LogP contribution >= 0.6 is 0 Å². The molecule has 1 amide bonds. The zero-order valence-corrected chi connectivity index (χ0v) is 12.5.